The number of amides is 1. The number of nitrogens with zero attached hydrogens (tertiary/aromatic N) is 2. The summed E-state index contributed by atoms with van der Waals surface area (Å²) in [6, 6.07) is 9.99. The van der Waals surface area contributed by atoms with E-state index in [9.17, 15) is 9.90 Å². The third kappa shape index (κ3) is 5.41. The van der Waals surface area contributed by atoms with Gasteiger partial charge in [-0.1, -0.05) is 42.1 Å². The van der Waals surface area contributed by atoms with E-state index in [0.29, 0.717) is 12.3 Å². The van der Waals surface area contributed by atoms with E-state index in [-0.39, 0.29) is 18.1 Å². The number of carbonyl (C=O) groups excluding carboxylic acids is 1. The normalized spacial score (nSPS) is 11.5. The molecule has 0 unspecified atom stereocenters. The predicted molar refractivity (Wildman–Crippen MR) is 92.3 cm³/mol. The lowest BCUT2D eigenvalue weighted by Crippen LogP contribution is -2.41. The number of rotatable bonds is 6. The highest BCUT2D eigenvalue weighted by molar-refractivity contribution is 7.99. The second kappa shape index (κ2) is 7.66. The Morgan fingerprint density at radius 1 is 1.30 bits per heavy atom. The molecule has 0 aliphatic carbocycles. The molecule has 23 heavy (non-hydrogen) atoms. The van der Waals surface area contributed by atoms with Gasteiger partial charge in [0.1, 0.15) is 0 Å². The van der Waals surface area contributed by atoms with Crippen LogP contribution in [-0.2, 0) is 17.9 Å². The molecule has 0 saturated heterocycles. The maximum Gasteiger partial charge on any atom is 0.230 e. The van der Waals surface area contributed by atoms with Crippen LogP contribution in [0.15, 0.2) is 41.7 Å². The Balaban J connectivity index is 2.07. The molecule has 1 heterocycles. The maximum atomic E-state index is 12.0. The zero-order chi connectivity index (χ0) is 16.9. The number of thioether (sulfide) groups is 1. The summed E-state index contributed by atoms with van der Waals surface area (Å²) in [5.74, 6) is 0.274. The van der Waals surface area contributed by atoms with Crippen LogP contribution >= 0.6 is 11.8 Å². The average Bonchev–Trinajstić information content (AvgIpc) is 2.86. The Labute approximate surface area is 141 Å². The van der Waals surface area contributed by atoms with E-state index in [1.54, 1.807) is 6.20 Å². The van der Waals surface area contributed by atoms with Crippen LogP contribution in [0.2, 0.25) is 0 Å². The largest absolute Gasteiger partial charge is 0.390 e. The summed E-state index contributed by atoms with van der Waals surface area (Å²) >= 11 is 1.38. The first kappa shape index (κ1) is 17.6. The van der Waals surface area contributed by atoms with E-state index in [1.165, 1.54) is 11.8 Å². The lowest BCUT2D eigenvalue weighted by atomic mass is 10.1. The second-order valence-corrected chi connectivity index (χ2v) is 7.29. The zero-order valence-corrected chi connectivity index (χ0v) is 14.6. The Kier molecular flexibility index (Phi) is 5.85. The Bertz CT molecular complexity index is 648. The van der Waals surface area contributed by atoms with Gasteiger partial charge >= 0.3 is 0 Å². The number of hydrogen-bond acceptors (Lipinski definition) is 4. The van der Waals surface area contributed by atoms with Crippen LogP contribution in [0.4, 0.5) is 0 Å². The van der Waals surface area contributed by atoms with Gasteiger partial charge in [0.25, 0.3) is 0 Å². The number of imidazole rings is 1. The molecule has 1 amide bonds. The van der Waals surface area contributed by atoms with Crippen molar-refractivity contribution in [3.8, 4) is 0 Å². The smallest absolute Gasteiger partial charge is 0.230 e. The number of aliphatic hydroxyl groups excluding tert-OH is 1. The summed E-state index contributed by atoms with van der Waals surface area (Å²) in [7, 11) is 0. The van der Waals surface area contributed by atoms with Crippen LogP contribution < -0.4 is 5.32 Å². The molecule has 124 valence electrons. The van der Waals surface area contributed by atoms with Crippen molar-refractivity contribution in [2.24, 2.45) is 0 Å². The molecule has 0 fully saturated rings. The number of carbonyl (C=O) groups is 1. The number of aliphatic hydroxyl groups is 1. The van der Waals surface area contributed by atoms with Crippen LogP contribution in [-0.4, -0.2) is 31.9 Å². The molecular formula is C17H23N3O2S. The molecule has 2 rings (SSSR count). The predicted octanol–water partition coefficient (Wildman–Crippen LogP) is 2.43. The summed E-state index contributed by atoms with van der Waals surface area (Å²) in [5, 5.41) is 13.2. The fourth-order valence-electron chi connectivity index (χ4n) is 2.15. The molecule has 2 N–H and O–H groups in total. The maximum absolute atomic E-state index is 12.0. The lowest BCUT2D eigenvalue weighted by Gasteiger charge is -2.20. The van der Waals surface area contributed by atoms with Gasteiger partial charge in [-0.05, 0) is 26.3 Å². The zero-order valence-electron chi connectivity index (χ0n) is 13.7. The molecule has 0 bridgehead atoms. The van der Waals surface area contributed by atoms with Crippen molar-refractivity contribution in [2.75, 3.05) is 5.75 Å². The first-order chi connectivity index (χ1) is 10.9. The number of aromatic nitrogens is 2. The van der Waals surface area contributed by atoms with E-state index in [1.807, 2.05) is 55.7 Å². The Morgan fingerprint density at radius 2 is 2.00 bits per heavy atom. The first-order valence-corrected chi connectivity index (χ1v) is 8.50. The van der Waals surface area contributed by atoms with E-state index < -0.39 is 0 Å². The molecule has 5 nitrogen and oxygen atoms in total. The topological polar surface area (TPSA) is 67.2 Å². The van der Waals surface area contributed by atoms with Gasteiger partial charge < -0.3 is 15.0 Å². The highest BCUT2D eigenvalue weighted by Gasteiger charge is 2.16. The molecule has 0 radical (unpaired) electrons. The van der Waals surface area contributed by atoms with Crippen LogP contribution in [0.25, 0.3) is 0 Å². The van der Waals surface area contributed by atoms with Gasteiger partial charge in [0.05, 0.1) is 24.3 Å². The summed E-state index contributed by atoms with van der Waals surface area (Å²) in [5.41, 5.74) is 1.63. The lowest BCUT2D eigenvalue weighted by molar-refractivity contribution is -0.119. The fourth-order valence-corrected chi connectivity index (χ4v) is 2.95. The summed E-state index contributed by atoms with van der Waals surface area (Å²) in [4.78, 5) is 16.3. The van der Waals surface area contributed by atoms with Crippen molar-refractivity contribution in [3.63, 3.8) is 0 Å². The second-order valence-electron chi connectivity index (χ2n) is 6.35. The molecule has 6 heteroatoms. The van der Waals surface area contributed by atoms with Gasteiger partial charge in [0.2, 0.25) is 5.91 Å². The molecule has 1 aromatic heterocycles. The Morgan fingerprint density at radius 3 is 2.61 bits per heavy atom. The van der Waals surface area contributed by atoms with Gasteiger partial charge in [-0.15, -0.1) is 0 Å². The monoisotopic (exact) mass is 333 g/mol. The van der Waals surface area contributed by atoms with E-state index in [2.05, 4.69) is 10.3 Å². The van der Waals surface area contributed by atoms with Crippen LogP contribution in [0.5, 0.6) is 0 Å². The third-order valence-corrected chi connectivity index (χ3v) is 4.08. The third-order valence-electron chi connectivity index (χ3n) is 3.09. The molecule has 0 saturated carbocycles. The fraction of sp³-hybridized carbons (Fsp3) is 0.412. The highest BCUT2D eigenvalue weighted by Crippen LogP contribution is 2.20. The van der Waals surface area contributed by atoms with Crippen molar-refractivity contribution in [1.82, 2.24) is 14.9 Å². The van der Waals surface area contributed by atoms with Gasteiger partial charge in [-0.3, -0.25) is 4.79 Å². The summed E-state index contributed by atoms with van der Waals surface area (Å²) < 4.78 is 1.95. The highest BCUT2D eigenvalue weighted by atomic mass is 32.2. The van der Waals surface area contributed by atoms with E-state index in [4.69, 9.17) is 0 Å². The van der Waals surface area contributed by atoms with Crippen LogP contribution in [0.1, 0.15) is 32.0 Å². The van der Waals surface area contributed by atoms with Crippen LogP contribution in [0, 0.1) is 0 Å². The van der Waals surface area contributed by atoms with Crippen molar-refractivity contribution in [2.45, 2.75) is 44.6 Å². The summed E-state index contributed by atoms with van der Waals surface area (Å²) in [6.45, 7) is 6.41. The van der Waals surface area contributed by atoms with Crippen molar-refractivity contribution < 1.29 is 9.90 Å². The molecule has 0 aliphatic rings. The quantitative estimate of drug-likeness (QED) is 0.797. The summed E-state index contributed by atoms with van der Waals surface area (Å²) in [6.07, 6.45) is 1.66. The number of hydrogen-bond donors (Lipinski definition) is 2. The molecule has 0 spiro atoms. The molecule has 0 atom stereocenters. The molecule has 1 aromatic carbocycles. The Hall–Kier alpha value is -1.79. The van der Waals surface area contributed by atoms with Crippen molar-refractivity contribution in [3.05, 3.63) is 47.8 Å². The molecule has 2 aromatic rings. The van der Waals surface area contributed by atoms with E-state index >= 15 is 0 Å². The van der Waals surface area contributed by atoms with Crippen LogP contribution in [0.3, 0.4) is 0 Å². The standard InChI is InChI=1S/C17H23N3O2S/c1-17(2,3)19-15(22)12-23-16-18-9-14(11-21)20(16)10-13-7-5-4-6-8-13/h4-9,21H,10-12H2,1-3H3,(H,19,22). The number of nitrogens with one attached hydrogen (secondary N) is 1. The minimum atomic E-state index is -0.243. The van der Waals surface area contributed by atoms with Crippen molar-refractivity contribution >= 4 is 17.7 Å². The average molecular weight is 333 g/mol. The molecule has 0 aliphatic heterocycles. The van der Waals surface area contributed by atoms with Gasteiger partial charge in [0, 0.05) is 12.1 Å². The van der Waals surface area contributed by atoms with Gasteiger partial charge in [0.15, 0.2) is 5.16 Å². The molecular weight excluding hydrogens is 310 g/mol. The first-order valence-electron chi connectivity index (χ1n) is 7.52. The van der Waals surface area contributed by atoms with E-state index in [0.717, 1.165) is 16.4 Å². The SMILES string of the molecule is CC(C)(C)NC(=O)CSc1ncc(CO)n1Cc1ccccc1. The van der Waals surface area contributed by atoms with Gasteiger partial charge in [-0.2, -0.15) is 0 Å². The van der Waals surface area contributed by atoms with Crippen molar-refractivity contribution in [1.29, 1.82) is 0 Å². The van der Waals surface area contributed by atoms with Gasteiger partial charge in [-0.25, -0.2) is 4.98 Å². The minimum absolute atomic E-state index is 0.0256. The number of benzene rings is 1. The minimum Gasteiger partial charge on any atom is -0.390 e.